The third-order valence-electron chi connectivity index (χ3n) is 5.44. The first-order valence-corrected chi connectivity index (χ1v) is 9.23. The molecular formula is C23H18F2O5. The van der Waals surface area contributed by atoms with Crippen molar-refractivity contribution in [3.63, 3.8) is 0 Å². The van der Waals surface area contributed by atoms with E-state index in [2.05, 4.69) is 0 Å². The molecule has 0 radical (unpaired) electrons. The number of benzene rings is 2. The maximum atomic E-state index is 13.4. The first-order valence-electron chi connectivity index (χ1n) is 9.23. The van der Waals surface area contributed by atoms with Gasteiger partial charge < -0.3 is 13.9 Å². The van der Waals surface area contributed by atoms with Gasteiger partial charge in [0.15, 0.2) is 5.41 Å². The Morgan fingerprint density at radius 2 is 1.13 bits per heavy atom. The number of rotatable bonds is 4. The summed E-state index contributed by atoms with van der Waals surface area (Å²) < 4.78 is 42.8. The first-order chi connectivity index (χ1) is 14.4. The monoisotopic (exact) mass is 412 g/mol. The number of halogens is 2. The number of fused-ring (bicyclic) bond motifs is 1. The second-order valence-electron chi connectivity index (χ2n) is 7.15. The van der Waals surface area contributed by atoms with Gasteiger partial charge in [-0.3, -0.25) is 9.59 Å². The third kappa shape index (κ3) is 3.07. The molecule has 0 unspecified atom stereocenters. The van der Waals surface area contributed by atoms with Gasteiger partial charge >= 0.3 is 11.9 Å². The number of hydrogen-bond acceptors (Lipinski definition) is 5. The Morgan fingerprint density at radius 1 is 0.767 bits per heavy atom. The van der Waals surface area contributed by atoms with E-state index in [1.165, 1.54) is 38.5 Å². The molecule has 2 aromatic carbocycles. The summed E-state index contributed by atoms with van der Waals surface area (Å²) in [6, 6.07) is 11.4. The Balaban J connectivity index is 1.91. The average molecular weight is 412 g/mol. The van der Waals surface area contributed by atoms with Crippen molar-refractivity contribution in [2.24, 2.45) is 5.41 Å². The molecule has 1 aromatic heterocycles. The smallest absolute Gasteiger partial charge is 0.323 e. The number of furan rings is 1. The Labute approximate surface area is 171 Å². The van der Waals surface area contributed by atoms with Crippen LogP contribution < -0.4 is 0 Å². The number of carbonyl (C=O) groups excluding carboxylic acids is 2. The molecule has 30 heavy (non-hydrogen) atoms. The molecule has 0 saturated carbocycles. The molecule has 154 valence electrons. The zero-order chi connectivity index (χ0) is 21.5. The molecule has 0 atom stereocenters. The highest BCUT2D eigenvalue weighted by Gasteiger charge is 2.55. The lowest BCUT2D eigenvalue weighted by atomic mass is 9.84. The Bertz CT molecular complexity index is 1030. The van der Waals surface area contributed by atoms with Gasteiger partial charge in [-0.1, -0.05) is 0 Å². The molecule has 1 heterocycles. The minimum Gasteiger partial charge on any atom is -0.468 e. The van der Waals surface area contributed by atoms with Crippen LogP contribution in [-0.4, -0.2) is 26.2 Å². The van der Waals surface area contributed by atoms with Gasteiger partial charge in [0, 0.05) is 35.1 Å². The SMILES string of the molecule is COC(=O)C1(C(=O)OC)Cc2c(-c3ccc(F)cc3)oc(-c3ccc(F)cc3)c2C1. The quantitative estimate of drug-likeness (QED) is 0.472. The molecule has 0 saturated heterocycles. The van der Waals surface area contributed by atoms with Crippen molar-refractivity contribution < 1.29 is 32.3 Å². The maximum absolute atomic E-state index is 13.4. The van der Waals surface area contributed by atoms with E-state index in [-0.39, 0.29) is 12.8 Å². The summed E-state index contributed by atoms with van der Waals surface area (Å²) in [4.78, 5) is 25.3. The summed E-state index contributed by atoms with van der Waals surface area (Å²) in [5.41, 5.74) is 0.903. The topological polar surface area (TPSA) is 65.7 Å². The fourth-order valence-corrected chi connectivity index (χ4v) is 3.97. The number of ether oxygens (including phenoxy) is 2. The van der Waals surface area contributed by atoms with Gasteiger partial charge in [-0.15, -0.1) is 0 Å². The molecule has 4 rings (SSSR count). The van der Waals surface area contributed by atoms with Crippen LogP contribution in [0.1, 0.15) is 11.1 Å². The van der Waals surface area contributed by atoms with E-state index < -0.39 is 29.0 Å². The van der Waals surface area contributed by atoms with Crippen molar-refractivity contribution in [2.75, 3.05) is 14.2 Å². The molecule has 0 fully saturated rings. The van der Waals surface area contributed by atoms with Crippen LogP contribution >= 0.6 is 0 Å². The second kappa shape index (κ2) is 7.40. The van der Waals surface area contributed by atoms with Gasteiger partial charge in [-0.25, -0.2) is 8.78 Å². The van der Waals surface area contributed by atoms with Gasteiger partial charge in [0.25, 0.3) is 0 Å². The van der Waals surface area contributed by atoms with Crippen LogP contribution in [0.2, 0.25) is 0 Å². The van der Waals surface area contributed by atoms with Crippen molar-refractivity contribution in [3.05, 3.63) is 71.3 Å². The Kier molecular flexibility index (Phi) is 4.89. The molecule has 0 N–H and O–H groups in total. The molecule has 0 aliphatic heterocycles. The highest BCUT2D eigenvalue weighted by atomic mass is 19.1. The normalized spacial score (nSPS) is 14.3. The lowest BCUT2D eigenvalue weighted by molar-refractivity contribution is -0.168. The van der Waals surface area contributed by atoms with Crippen LogP contribution in [0.15, 0.2) is 52.9 Å². The molecule has 7 heteroatoms. The molecule has 0 spiro atoms. The predicted molar refractivity (Wildman–Crippen MR) is 103 cm³/mol. The lowest BCUT2D eigenvalue weighted by Crippen LogP contribution is -2.42. The molecule has 1 aliphatic carbocycles. The summed E-state index contributed by atoms with van der Waals surface area (Å²) in [5, 5.41) is 0. The van der Waals surface area contributed by atoms with Crippen molar-refractivity contribution in [3.8, 4) is 22.6 Å². The number of esters is 2. The van der Waals surface area contributed by atoms with E-state index >= 15 is 0 Å². The molecular weight excluding hydrogens is 394 g/mol. The van der Waals surface area contributed by atoms with Crippen molar-refractivity contribution in [1.82, 2.24) is 0 Å². The minimum absolute atomic E-state index is 0.0130. The lowest BCUT2D eigenvalue weighted by Gasteiger charge is -2.23. The van der Waals surface area contributed by atoms with Crippen LogP contribution in [-0.2, 0) is 31.9 Å². The summed E-state index contributed by atoms with van der Waals surface area (Å²) in [6.45, 7) is 0. The van der Waals surface area contributed by atoms with Crippen molar-refractivity contribution >= 4 is 11.9 Å². The van der Waals surface area contributed by atoms with Gasteiger partial charge in [0.1, 0.15) is 23.2 Å². The zero-order valence-electron chi connectivity index (χ0n) is 16.3. The maximum Gasteiger partial charge on any atom is 0.323 e. The van der Waals surface area contributed by atoms with E-state index in [0.717, 1.165) is 0 Å². The van der Waals surface area contributed by atoms with Gasteiger partial charge in [-0.05, 0) is 48.5 Å². The fraction of sp³-hybridized carbons (Fsp3) is 0.217. The van der Waals surface area contributed by atoms with E-state index in [9.17, 15) is 18.4 Å². The first kappa shape index (κ1) is 19.8. The average Bonchev–Trinajstić information content (AvgIpc) is 3.31. The second-order valence-corrected chi connectivity index (χ2v) is 7.15. The van der Waals surface area contributed by atoms with Crippen LogP contribution in [0, 0.1) is 17.0 Å². The number of methoxy groups -OCH3 is 2. The van der Waals surface area contributed by atoms with E-state index in [0.29, 0.717) is 33.8 Å². The minimum atomic E-state index is -1.55. The molecule has 3 aromatic rings. The number of hydrogen-bond donors (Lipinski definition) is 0. The Morgan fingerprint density at radius 3 is 1.47 bits per heavy atom. The fourth-order valence-electron chi connectivity index (χ4n) is 3.97. The van der Waals surface area contributed by atoms with E-state index in [1.54, 1.807) is 24.3 Å². The standard InChI is InChI=1S/C23H18F2O5/c1-28-21(26)23(22(27)29-2)11-17-18(12-23)20(14-5-9-16(25)10-6-14)30-19(17)13-3-7-15(24)8-4-13/h3-10H,11-12H2,1-2H3. The zero-order valence-corrected chi connectivity index (χ0v) is 16.3. The van der Waals surface area contributed by atoms with E-state index in [4.69, 9.17) is 13.9 Å². The van der Waals surface area contributed by atoms with E-state index in [1.807, 2.05) is 0 Å². The van der Waals surface area contributed by atoms with Crippen LogP contribution in [0.5, 0.6) is 0 Å². The molecule has 0 bridgehead atoms. The summed E-state index contributed by atoms with van der Waals surface area (Å²) >= 11 is 0. The molecule has 5 nitrogen and oxygen atoms in total. The van der Waals surface area contributed by atoms with Gasteiger partial charge in [0.2, 0.25) is 0 Å². The van der Waals surface area contributed by atoms with Gasteiger partial charge in [0.05, 0.1) is 14.2 Å². The highest BCUT2D eigenvalue weighted by molar-refractivity contribution is 6.02. The largest absolute Gasteiger partial charge is 0.468 e. The van der Waals surface area contributed by atoms with Crippen molar-refractivity contribution in [2.45, 2.75) is 12.8 Å². The highest BCUT2D eigenvalue weighted by Crippen LogP contribution is 2.49. The van der Waals surface area contributed by atoms with Crippen LogP contribution in [0.4, 0.5) is 8.78 Å². The summed E-state index contributed by atoms with van der Waals surface area (Å²) in [6.07, 6.45) is 0.0260. The predicted octanol–water partition coefficient (Wildman–Crippen LogP) is 4.32. The van der Waals surface area contributed by atoms with Crippen molar-refractivity contribution in [1.29, 1.82) is 0 Å². The summed E-state index contributed by atoms with van der Waals surface area (Å²) in [5.74, 6) is -1.39. The summed E-state index contributed by atoms with van der Waals surface area (Å²) in [7, 11) is 2.42. The molecule has 1 aliphatic rings. The number of carbonyl (C=O) groups is 2. The molecule has 0 amide bonds. The third-order valence-corrected chi connectivity index (χ3v) is 5.44. The Hall–Kier alpha value is -3.48. The van der Waals surface area contributed by atoms with Gasteiger partial charge in [-0.2, -0.15) is 0 Å². The van der Waals surface area contributed by atoms with Crippen LogP contribution in [0.3, 0.4) is 0 Å². The van der Waals surface area contributed by atoms with Crippen LogP contribution in [0.25, 0.3) is 22.6 Å².